The van der Waals surface area contributed by atoms with Crippen LogP contribution in [0.2, 0.25) is 0 Å². The Hall–Kier alpha value is -1.56. The van der Waals surface area contributed by atoms with E-state index in [1.165, 1.54) is 0 Å². The van der Waals surface area contributed by atoms with Crippen molar-refractivity contribution in [3.05, 3.63) is 24.3 Å². The van der Waals surface area contributed by atoms with Crippen LogP contribution < -0.4 is 5.73 Å². The maximum Gasteiger partial charge on any atom is 0.259 e. The lowest BCUT2D eigenvalue weighted by Crippen LogP contribution is -1.88. The zero-order valence-corrected chi connectivity index (χ0v) is 9.70. The van der Waals surface area contributed by atoms with Gasteiger partial charge in [0, 0.05) is 12.4 Å². The van der Waals surface area contributed by atoms with E-state index in [0.29, 0.717) is 17.4 Å². The van der Waals surface area contributed by atoms with Crippen LogP contribution in [0.4, 0.5) is 5.69 Å². The molecule has 0 aliphatic heterocycles. The summed E-state index contributed by atoms with van der Waals surface area (Å²) in [5, 5.41) is 3.88. The Morgan fingerprint density at radius 2 is 2.31 bits per heavy atom. The monoisotopic (exact) mass is 236 g/mol. The molecule has 2 rings (SSSR count). The Balaban J connectivity index is 2.18. The lowest BCUT2D eigenvalue weighted by molar-refractivity contribution is 0.425. The molecule has 0 aromatic carbocycles. The summed E-state index contributed by atoms with van der Waals surface area (Å²) in [6, 6.07) is 1.76. The number of pyridine rings is 1. The first-order valence-corrected chi connectivity index (χ1v) is 6.06. The second-order valence-corrected chi connectivity index (χ2v) is 4.43. The molecule has 0 unspecified atom stereocenters. The van der Waals surface area contributed by atoms with Gasteiger partial charge in [0.2, 0.25) is 0 Å². The molecule has 84 valence electrons. The first kappa shape index (κ1) is 10.9. The van der Waals surface area contributed by atoms with Crippen molar-refractivity contribution in [3.8, 4) is 11.5 Å². The van der Waals surface area contributed by atoms with Crippen molar-refractivity contribution in [2.24, 2.45) is 0 Å². The molecule has 2 N–H and O–H groups in total. The topological polar surface area (TPSA) is 77.8 Å². The van der Waals surface area contributed by atoms with Crippen molar-refractivity contribution in [2.75, 3.05) is 11.5 Å². The Morgan fingerprint density at radius 1 is 1.44 bits per heavy atom. The molecule has 0 spiro atoms. The molecular formula is C10H12N4OS. The molecule has 0 aliphatic carbocycles. The van der Waals surface area contributed by atoms with Crippen LogP contribution in [0.15, 0.2) is 23.0 Å². The van der Waals surface area contributed by atoms with Crippen LogP contribution in [0, 0.1) is 0 Å². The lowest BCUT2D eigenvalue weighted by atomic mass is 10.2. The van der Waals surface area contributed by atoms with E-state index in [0.717, 1.165) is 17.1 Å². The summed E-state index contributed by atoms with van der Waals surface area (Å²) in [6.45, 7) is 2.09. The second-order valence-electron chi connectivity index (χ2n) is 3.16. The van der Waals surface area contributed by atoms with Crippen molar-refractivity contribution in [1.82, 2.24) is 15.1 Å². The van der Waals surface area contributed by atoms with Gasteiger partial charge in [-0.1, -0.05) is 12.1 Å². The van der Waals surface area contributed by atoms with E-state index in [4.69, 9.17) is 10.3 Å². The van der Waals surface area contributed by atoms with Gasteiger partial charge >= 0.3 is 0 Å². The predicted molar refractivity (Wildman–Crippen MR) is 63.8 cm³/mol. The fraction of sp³-hybridized carbons (Fsp3) is 0.300. The Labute approximate surface area is 97.5 Å². The average Bonchev–Trinajstić information content (AvgIpc) is 2.75. The number of aromatic nitrogens is 3. The predicted octanol–water partition coefficient (Wildman–Crippen LogP) is 1.97. The molecular weight excluding hydrogens is 224 g/mol. The summed E-state index contributed by atoms with van der Waals surface area (Å²) in [4.78, 5) is 8.24. The van der Waals surface area contributed by atoms with Crippen molar-refractivity contribution in [1.29, 1.82) is 0 Å². The van der Waals surface area contributed by atoms with Gasteiger partial charge < -0.3 is 10.3 Å². The Kier molecular flexibility index (Phi) is 3.40. The average molecular weight is 236 g/mol. The third kappa shape index (κ3) is 2.52. The summed E-state index contributed by atoms with van der Waals surface area (Å²) in [5.41, 5.74) is 6.96. The molecule has 0 fully saturated rings. The minimum atomic E-state index is 0.464. The first-order valence-electron chi connectivity index (χ1n) is 4.91. The van der Waals surface area contributed by atoms with Gasteiger partial charge in [0.05, 0.1) is 17.0 Å². The lowest BCUT2D eigenvalue weighted by Gasteiger charge is -1.94. The van der Waals surface area contributed by atoms with E-state index in [2.05, 4.69) is 22.0 Å². The van der Waals surface area contributed by atoms with Gasteiger partial charge in [0.15, 0.2) is 5.82 Å². The molecule has 2 aromatic rings. The highest BCUT2D eigenvalue weighted by Gasteiger charge is 2.08. The van der Waals surface area contributed by atoms with E-state index in [9.17, 15) is 0 Å². The third-order valence-electron chi connectivity index (χ3n) is 1.91. The van der Waals surface area contributed by atoms with Crippen LogP contribution >= 0.6 is 11.8 Å². The number of hydrogen-bond donors (Lipinski definition) is 1. The van der Waals surface area contributed by atoms with E-state index in [1.807, 2.05) is 0 Å². The van der Waals surface area contributed by atoms with Crippen LogP contribution in [0.25, 0.3) is 11.5 Å². The van der Waals surface area contributed by atoms with Crippen molar-refractivity contribution in [3.63, 3.8) is 0 Å². The molecule has 6 heteroatoms. The van der Waals surface area contributed by atoms with Crippen LogP contribution in [0.3, 0.4) is 0 Å². The molecule has 0 bridgehead atoms. The van der Waals surface area contributed by atoms with Gasteiger partial charge in [-0.25, -0.2) is 0 Å². The van der Waals surface area contributed by atoms with E-state index in [-0.39, 0.29) is 0 Å². The van der Waals surface area contributed by atoms with Gasteiger partial charge in [0.25, 0.3) is 5.89 Å². The first-order chi connectivity index (χ1) is 7.79. The number of thioether (sulfide) groups is 1. The van der Waals surface area contributed by atoms with Crippen LogP contribution in [-0.2, 0) is 5.75 Å². The summed E-state index contributed by atoms with van der Waals surface area (Å²) in [5.74, 6) is 2.95. The van der Waals surface area contributed by atoms with Gasteiger partial charge in [0.1, 0.15) is 0 Å². The van der Waals surface area contributed by atoms with E-state index in [1.54, 1.807) is 30.2 Å². The van der Waals surface area contributed by atoms with E-state index >= 15 is 0 Å². The van der Waals surface area contributed by atoms with Crippen molar-refractivity contribution < 1.29 is 4.52 Å². The van der Waals surface area contributed by atoms with Gasteiger partial charge in [-0.05, 0) is 11.8 Å². The standard InChI is InChI=1S/C10H12N4OS/c1-2-16-6-9-13-10(15-14-9)7-3-8(11)5-12-4-7/h3-5H,2,6,11H2,1H3. The maximum atomic E-state index is 5.63. The highest BCUT2D eigenvalue weighted by atomic mass is 32.2. The molecule has 16 heavy (non-hydrogen) atoms. The number of nitrogen functional groups attached to an aromatic ring is 1. The quantitative estimate of drug-likeness (QED) is 0.874. The summed E-state index contributed by atoms with van der Waals surface area (Å²) in [7, 11) is 0. The molecule has 0 radical (unpaired) electrons. The summed E-state index contributed by atoms with van der Waals surface area (Å²) >= 11 is 1.75. The molecule has 0 saturated heterocycles. The van der Waals surface area contributed by atoms with Crippen LogP contribution in [0.1, 0.15) is 12.7 Å². The van der Waals surface area contributed by atoms with Gasteiger partial charge in [-0.15, -0.1) is 0 Å². The molecule has 0 saturated carbocycles. The molecule has 5 nitrogen and oxygen atoms in total. The van der Waals surface area contributed by atoms with Crippen LogP contribution in [-0.4, -0.2) is 20.9 Å². The van der Waals surface area contributed by atoms with Gasteiger partial charge in [-0.3, -0.25) is 4.98 Å². The second kappa shape index (κ2) is 4.98. The Bertz CT molecular complexity index is 471. The number of rotatable bonds is 4. The number of anilines is 1. The molecule has 0 atom stereocenters. The number of nitrogens with zero attached hydrogens (tertiary/aromatic N) is 3. The summed E-state index contributed by atoms with van der Waals surface area (Å²) < 4.78 is 5.13. The molecule has 2 aromatic heterocycles. The zero-order valence-electron chi connectivity index (χ0n) is 8.88. The minimum absolute atomic E-state index is 0.464. The smallest absolute Gasteiger partial charge is 0.259 e. The minimum Gasteiger partial charge on any atom is -0.397 e. The number of hydrogen-bond acceptors (Lipinski definition) is 6. The maximum absolute atomic E-state index is 5.63. The van der Waals surface area contributed by atoms with E-state index < -0.39 is 0 Å². The fourth-order valence-electron chi connectivity index (χ4n) is 1.20. The zero-order chi connectivity index (χ0) is 11.4. The molecule has 0 amide bonds. The van der Waals surface area contributed by atoms with Crippen molar-refractivity contribution >= 4 is 17.4 Å². The normalized spacial score (nSPS) is 10.6. The highest BCUT2D eigenvalue weighted by molar-refractivity contribution is 7.98. The number of nitrogens with two attached hydrogens (primary N) is 1. The largest absolute Gasteiger partial charge is 0.397 e. The SMILES string of the molecule is CCSCc1noc(-c2cncc(N)c2)n1. The highest BCUT2D eigenvalue weighted by Crippen LogP contribution is 2.19. The fourth-order valence-corrected chi connectivity index (χ4v) is 1.70. The third-order valence-corrected chi connectivity index (χ3v) is 2.78. The van der Waals surface area contributed by atoms with Gasteiger partial charge in [-0.2, -0.15) is 16.7 Å². The molecule has 0 aliphatic rings. The Morgan fingerprint density at radius 3 is 3.06 bits per heavy atom. The van der Waals surface area contributed by atoms with Crippen LogP contribution in [0.5, 0.6) is 0 Å². The molecule has 2 heterocycles. The summed E-state index contributed by atoms with van der Waals surface area (Å²) in [6.07, 6.45) is 3.23. The van der Waals surface area contributed by atoms with Crippen molar-refractivity contribution in [2.45, 2.75) is 12.7 Å².